The van der Waals surface area contributed by atoms with Crippen LogP contribution in [0.3, 0.4) is 0 Å². The fourth-order valence-electron chi connectivity index (χ4n) is 4.08. The van der Waals surface area contributed by atoms with E-state index in [0.29, 0.717) is 38.0 Å². The number of nitrogens with one attached hydrogen (secondary N) is 1. The Morgan fingerprint density at radius 3 is 2.59 bits per heavy atom. The molecule has 1 aliphatic rings. The summed E-state index contributed by atoms with van der Waals surface area (Å²) in [6.45, 7) is 4.46. The Morgan fingerprint density at radius 2 is 1.88 bits per heavy atom. The standard InChI is InChI=1S/C23H29N5O3S/c1-2-13-28-21-6-5-19(32(30,31)27-14-3-4-15-27)16-20(21)26-22(28)7-8-23(29)25-17-18-9-11-24-12-10-18/h5-6,9-12,16H,2-4,7-8,13-15,17H2,1H3,(H,25,29). The Bertz CT molecular complexity index is 1190. The van der Waals surface area contributed by atoms with Crippen LogP contribution in [0.2, 0.25) is 0 Å². The highest BCUT2D eigenvalue weighted by atomic mass is 32.2. The minimum Gasteiger partial charge on any atom is -0.352 e. The number of aryl methyl sites for hydroxylation is 2. The number of carbonyl (C=O) groups excluding carboxylic acids is 1. The molecule has 4 rings (SSSR count). The summed E-state index contributed by atoms with van der Waals surface area (Å²) in [5, 5.41) is 2.93. The maximum Gasteiger partial charge on any atom is 0.243 e. The number of imidazole rings is 1. The van der Waals surface area contributed by atoms with Crippen molar-refractivity contribution in [1.29, 1.82) is 0 Å². The van der Waals surface area contributed by atoms with Crippen molar-refractivity contribution in [2.75, 3.05) is 13.1 Å². The molecule has 9 heteroatoms. The van der Waals surface area contributed by atoms with Crippen LogP contribution in [0.25, 0.3) is 11.0 Å². The van der Waals surface area contributed by atoms with Gasteiger partial charge in [0.15, 0.2) is 0 Å². The van der Waals surface area contributed by atoms with Gasteiger partial charge in [0.25, 0.3) is 0 Å². The molecule has 1 fully saturated rings. The molecule has 0 radical (unpaired) electrons. The van der Waals surface area contributed by atoms with Crippen LogP contribution in [0.5, 0.6) is 0 Å². The molecule has 1 aliphatic heterocycles. The molecule has 32 heavy (non-hydrogen) atoms. The fraction of sp³-hybridized carbons (Fsp3) is 0.435. The molecule has 0 saturated carbocycles. The second-order valence-corrected chi connectivity index (χ2v) is 10.0. The van der Waals surface area contributed by atoms with Crippen LogP contribution in [-0.2, 0) is 34.3 Å². The van der Waals surface area contributed by atoms with Crippen LogP contribution in [0.15, 0.2) is 47.6 Å². The lowest BCUT2D eigenvalue weighted by Gasteiger charge is -2.15. The largest absolute Gasteiger partial charge is 0.352 e. The minimum atomic E-state index is -3.49. The fourth-order valence-corrected chi connectivity index (χ4v) is 5.61. The smallest absolute Gasteiger partial charge is 0.243 e. The SMILES string of the molecule is CCCn1c(CCC(=O)NCc2ccncc2)nc2cc(S(=O)(=O)N3CCCC3)ccc21. The molecule has 1 aromatic carbocycles. The molecule has 1 amide bonds. The number of pyridine rings is 1. The van der Waals surface area contributed by atoms with Crippen molar-refractivity contribution in [2.45, 2.75) is 57.0 Å². The number of hydrogen-bond acceptors (Lipinski definition) is 5. The Morgan fingerprint density at radius 1 is 1.12 bits per heavy atom. The first-order valence-corrected chi connectivity index (χ1v) is 12.6. The van der Waals surface area contributed by atoms with Gasteiger partial charge < -0.3 is 9.88 Å². The zero-order valence-corrected chi connectivity index (χ0v) is 19.1. The lowest BCUT2D eigenvalue weighted by atomic mass is 10.2. The van der Waals surface area contributed by atoms with Crippen molar-refractivity contribution in [3.63, 3.8) is 0 Å². The second kappa shape index (κ2) is 9.79. The normalized spacial score (nSPS) is 14.8. The number of benzene rings is 1. The number of fused-ring (bicyclic) bond motifs is 1. The second-order valence-electron chi connectivity index (χ2n) is 8.07. The van der Waals surface area contributed by atoms with Gasteiger partial charge in [0.1, 0.15) is 5.82 Å². The summed E-state index contributed by atoms with van der Waals surface area (Å²) in [7, 11) is -3.49. The summed E-state index contributed by atoms with van der Waals surface area (Å²) in [6, 6.07) is 8.93. The highest BCUT2D eigenvalue weighted by molar-refractivity contribution is 7.89. The van der Waals surface area contributed by atoms with E-state index in [2.05, 4.69) is 21.8 Å². The number of amides is 1. The number of carbonyl (C=O) groups is 1. The zero-order chi connectivity index (χ0) is 22.6. The Hall–Kier alpha value is -2.78. The van der Waals surface area contributed by atoms with Crippen molar-refractivity contribution in [3.05, 3.63) is 54.1 Å². The monoisotopic (exact) mass is 455 g/mol. The maximum absolute atomic E-state index is 12.9. The Balaban J connectivity index is 1.50. The van der Waals surface area contributed by atoms with E-state index < -0.39 is 10.0 Å². The van der Waals surface area contributed by atoms with Crippen molar-refractivity contribution < 1.29 is 13.2 Å². The van der Waals surface area contributed by atoms with E-state index in [1.165, 1.54) is 0 Å². The molecule has 0 atom stereocenters. The third-order valence-electron chi connectivity index (χ3n) is 5.76. The lowest BCUT2D eigenvalue weighted by molar-refractivity contribution is -0.121. The first-order chi connectivity index (χ1) is 15.5. The van der Waals surface area contributed by atoms with Crippen LogP contribution in [-0.4, -0.2) is 46.3 Å². The predicted octanol–water partition coefficient (Wildman–Crippen LogP) is 2.87. The van der Waals surface area contributed by atoms with Crippen molar-refractivity contribution in [3.8, 4) is 0 Å². The molecule has 2 aromatic heterocycles. The summed E-state index contributed by atoms with van der Waals surface area (Å²) in [4.78, 5) is 21.3. The lowest BCUT2D eigenvalue weighted by Crippen LogP contribution is -2.27. The number of aromatic nitrogens is 3. The summed E-state index contributed by atoms with van der Waals surface area (Å²) >= 11 is 0. The molecular formula is C23H29N5O3S. The average molecular weight is 456 g/mol. The van der Waals surface area contributed by atoms with Crippen molar-refractivity contribution in [2.24, 2.45) is 0 Å². The van der Waals surface area contributed by atoms with Crippen LogP contribution >= 0.6 is 0 Å². The van der Waals surface area contributed by atoms with Gasteiger partial charge in [0.05, 0.1) is 15.9 Å². The molecule has 0 bridgehead atoms. The van der Waals surface area contributed by atoms with E-state index in [1.807, 2.05) is 18.2 Å². The van der Waals surface area contributed by atoms with E-state index in [-0.39, 0.29) is 10.8 Å². The summed E-state index contributed by atoms with van der Waals surface area (Å²) in [5.41, 5.74) is 2.56. The van der Waals surface area contributed by atoms with E-state index in [4.69, 9.17) is 4.98 Å². The molecule has 0 aliphatic carbocycles. The number of sulfonamides is 1. The topological polar surface area (TPSA) is 97.2 Å². The van der Waals surface area contributed by atoms with Gasteiger partial charge in [0.2, 0.25) is 15.9 Å². The molecular weight excluding hydrogens is 426 g/mol. The highest BCUT2D eigenvalue weighted by Crippen LogP contribution is 2.25. The molecule has 1 N–H and O–H groups in total. The van der Waals surface area contributed by atoms with Gasteiger partial charge in [-0.15, -0.1) is 0 Å². The van der Waals surface area contributed by atoms with Crippen molar-refractivity contribution in [1.82, 2.24) is 24.2 Å². The number of rotatable bonds is 9. The van der Waals surface area contributed by atoms with Crippen molar-refractivity contribution >= 4 is 27.0 Å². The van der Waals surface area contributed by atoms with E-state index >= 15 is 0 Å². The molecule has 3 aromatic rings. The van der Waals surface area contributed by atoms with Gasteiger partial charge in [0, 0.05) is 51.4 Å². The summed E-state index contributed by atoms with van der Waals surface area (Å²) in [6.07, 6.45) is 6.93. The highest BCUT2D eigenvalue weighted by Gasteiger charge is 2.27. The first-order valence-electron chi connectivity index (χ1n) is 11.1. The van der Waals surface area contributed by atoms with Gasteiger partial charge in [-0.3, -0.25) is 9.78 Å². The summed E-state index contributed by atoms with van der Waals surface area (Å²) in [5.74, 6) is 0.755. The quantitative estimate of drug-likeness (QED) is 0.535. The molecule has 0 unspecified atom stereocenters. The third-order valence-corrected chi connectivity index (χ3v) is 7.66. The first kappa shape index (κ1) is 22.4. The molecule has 1 saturated heterocycles. The van der Waals surface area contributed by atoms with Crippen LogP contribution in [0.4, 0.5) is 0 Å². The van der Waals surface area contributed by atoms with Crippen LogP contribution < -0.4 is 5.32 Å². The van der Waals surface area contributed by atoms with E-state index in [1.54, 1.807) is 28.8 Å². The predicted molar refractivity (Wildman–Crippen MR) is 122 cm³/mol. The molecule has 0 spiro atoms. The summed E-state index contributed by atoms with van der Waals surface area (Å²) < 4.78 is 29.5. The van der Waals surface area contributed by atoms with E-state index in [0.717, 1.165) is 42.7 Å². The van der Waals surface area contributed by atoms with E-state index in [9.17, 15) is 13.2 Å². The van der Waals surface area contributed by atoms with Crippen LogP contribution in [0, 0.1) is 0 Å². The van der Waals surface area contributed by atoms with Gasteiger partial charge in [-0.25, -0.2) is 13.4 Å². The minimum absolute atomic E-state index is 0.0470. The molecule has 3 heterocycles. The maximum atomic E-state index is 12.9. The zero-order valence-electron chi connectivity index (χ0n) is 18.3. The Kier molecular flexibility index (Phi) is 6.86. The van der Waals surface area contributed by atoms with Gasteiger partial charge in [-0.1, -0.05) is 6.92 Å². The molecule has 170 valence electrons. The number of hydrogen-bond donors (Lipinski definition) is 1. The van der Waals surface area contributed by atoms with Crippen LogP contribution in [0.1, 0.15) is 44.0 Å². The van der Waals surface area contributed by atoms with Gasteiger partial charge >= 0.3 is 0 Å². The Labute approximate surface area is 188 Å². The average Bonchev–Trinajstić information content (AvgIpc) is 3.46. The van der Waals surface area contributed by atoms with Gasteiger partial charge in [-0.2, -0.15) is 4.31 Å². The third kappa shape index (κ3) is 4.83. The number of nitrogens with zero attached hydrogens (tertiary/aromatic N) is 4. The van der Waals surface area contributed by atoms with Gasteiger partial charge in [-0.05, 0) is 55.2 Å². The molecule has 8 nitrogen and oxygen atoms in total.